The summed E-state index contributed by atoms with van der Waals surface area (Å²) in [6.45, 7) is 6.65. The van der Waals surface area contributed by atoms with Crippen molar-refractivity contribution in [3.63, 3.8) is 0 Å². The lowest BCUT2D eigenvalue weighted by atomic mass is 10.1. The summed E-state index contributed by atoms with van der Waals surface area (Å²) in [5.74, 6) is 1.17. The second kappa shape index (κ2) is 6.36. The third-order valence-electron chi connectivity index (χ3n) is 3.93. The van der Waals surface area contributed by atoms with Gasteiger partial charge in [0.05, 0.1) is 18.1 Å². The lowest BCUT2D eigenvalue weighted by molar-refractivity contribution is 0.413. The number of sulfone groups is 1. The van der Waals surface area contributed by atoms with Crippen molar-refractivity contribution in [2.24, 2.45) is 5.92 Å². The first kappa shape index (κ1) is 16.3. The molecule has 0 fully saturated rings. The molecule has 0 saturated carbocycles. The third kappa shape index (κ3) is 3.40. The molecule has 1 aromatic rings. The minimum Gasteiger partial charge on any atom is -0.497 e. The normalized spacial score (nSPS) is 21.6. The average Bonchev–Trinajstić information content (AvgIpc) is 2.77. The highest BCUT2D eigenvalue weighted by molar-refractivity contribution is 7.92. The lowest BCUT2D eigenvalue weighted by Crippen LogP contribution is -2.36. The zero-order valence-electron chi connectivity index (χ0n) is 13.2. The Hall–Kier alpha value is -1.07. The lowest BCUT2D eigenvalue weighted by Gasteiger charge is -2.22. The van der Waals surface area contributed by atoms with Crippen LogP contribution in [-0.4, -0.2) is 33.1 Å². The molecule has 0 spiro atoms. The number of nitrogens with one attached hydrogen (secondary N) is 1. The van der Waals surface area contributed by atoms with E-state index in [0.29, 0.717) is 6.42 Å². The van der Waals surface area contributed by atoms with Crippen molar-refractivity contribution in [1.82, 2.24) is 5.32 Å². The molecule has 1 N–H and O–H groups in total. The van der Waals surface area contributed by atoms with Gasteiger partial charge in [0.2, 0.25) is 0 Å². The van der Waals surface area contributed by atoms with E-state index in [1.807, 2.05) is 39.0 Å². The second-order valence-electron chi connectivity index (χ2n) is 6.07. The summed E-state index contributed by atoms with van der Waals surface area (Å²) in [5, 5.41) is 2.97. The van der Waals surface area contributed by atoms with Crippen molar-refractivity contribution < 1.29 is 13.2 Å². The minimum atomic E-state index is -3.12. The van der Waals surface area contributed by atoms with E-state index in [1.165, 1.54) is 0 Å². The highest BCUT2D eigenvalue weighted by Gasteiger charge is 2.40. The molecule has 2 rings (SSSR count). The highest BCUT2D eigenvalue weighted by atomic mass is 32.2. The average molecular weight is 311 g/mol. The van der Waals surface area contributed by atoms with Gasteiger partial charge in [-0.05, 0) is 42.1 Å². The van der Waals surface area contributed by atoms with Crippen molar-refractivity contribution in [3.8, 4) is 5.75 Å². The van der Waals surface area contributed by atoms with Gasteiger partial charge in [0, 0.05) is 6.04 Å². The van der Waals surface area contributed by atoms with E-state index in [4.69, 9.17) is 4.74 Å². The molecule has 0 aliphatic heterocycles. The van der Waals surface area contributed by atoms with E-state index in [-0.39, 0.29) is 23.0 Å². The van der Waals surface area contributed by atoms with Crippen LogP contribution in [0.25, 0.3) is 0 Å². The number of hydrogen-bond donors (Lipinski definition) is 1. The van der Waals surface area contributed by atoms with Gasteiger partial charge in [-0.15, -0.1) is 0 Å². The molecule has 2 unspecified atom stereocenters. The predicted molar refractivity (Wildman–Crippen MR) is 85.5 cm³/mol. The van der Waals surface area contributed by atoms with Crippen LogP contribution in [0, 0.1) is 5.92 Å². The predicted octanol–water partition coefficient (Wildman–Crippen LogP) is 2.34. The Morgan fingerprint density at radius 3 is 2.67 bits per heavy atom. The van der Waals surface area contributed by atoms with Crippen molar-refractivity contribution >= 4 is 9.84 Å². The van der Waals surface area contributed by atoms with Gasteiger partial charge < -0.3 is 10.1 Å². The first-order valence-corrected chi connectivity index (χ1v) is 9.22. The number of ether oxygens (including phenoxy) is 1. The summed E-state index contributed by atoms with van der Waals surface area (Å²) in [4.78, 5) is 0. The fourth-order valence-corrected chi connectivity index (χ4v) is 5.36. The third-order valence-corrected chi connectivity index (χ3v) is 6.42. The minimum absolute atomic E-state index is 0.135. The Kier molecular flexibility index (Phi) is 4.94. The van der Waals surface area contributed by atoms with E-state index >= 15 is 0 Å². The van der Waals surface area contributed by atoms with Crippen LogP contribution < -0.4 is 10.1 Å². The van der Waals surface area contributed by atoms with Gasteiger partial charge >= 0.3 is 0 Å². The summed E-state index contributed by atoms with van der Waals surface area (Å²) in [6.07, 6.45) is 0.589. The largest absolute Gasteiger partial charge is 0.497 e. The van der Waals surface area contributed by atoms with Crippen molar-refractivity contribution in [3.05, 3.63) is 29.3 Å². The van der Waals surface area contributed by atoms with Crippen LogP contribution >= 0.6 is 0 Å². The number of rotatable bonds is 6. The van der Waals surface area contributed by atoms with Gasteiger partial charge in [0.15, 0.2) is 9.84 Å². The molecule has 0 radical (unpaired) electrons. The fraction of sp³-hybridized carbons (Fsp3) is 0.625. The van der Waals surface area contributed by atoms with E-state index < -0.39 is 9.84 Å². The van der Waals surface area contributed by atoms with Gasteiger partial charge in [-0.2, -0.15) is 0 Å². The maximum atomic E-state index is 12.7. The van der Waals surface area contributed by atoms with Crippen LogP contribution in [0.4, 0.5) is 0 Å². The molecule has 0 heterocycles. The standard InChI is InChI=1S/C16H25NO3S/c1-5-17-16-14-9-13(20-4)7-6-12(14)8-15(16)21(18,19)10-11(2)3/h6-7,9,11,15-17H,5,8,10H2,1-4H3. The number of methoxy groups -OCH3 is 1. The monoisotopic (exact) mass is 311 g/mol. The first-order chi connectivity index (χ1) is 9.89. The molecule has 0 bridgehead atoms. The Labute approximate surface area is 127 Å². The zero-order chi connectivity index (χ0) is 15.6. The van der Waals surface area contributed by atoms with Crippen molar-refractivity contribution in [1.29, 1.82) is 0 Å². The molecule has 2 atom stereocenters. The van der Waals surface area contributed by atoms with Crippen LogP contribution in [0.5, 0.6) is 5.75 Å². The molecule has 5 heteroatoms. The molecule has 1 aliphatic rings. The number of fused-ring (bicyclic) bond motifs is 1. The summed E-state index contributed by atoms with van der Waals surface area (Å²) in [6, 6.07) is 5.72. The highest BCUT2D eigenvalue weighted by Crippen LogP contribution is 2.38. The molecule has 118 valence electrons. The molecule has 1 aromatic carbocycles. The van der Waals surface area contributed by atoms with E-state index in [1.54, 1.807) is 7.11 Å². The molecule has 0 aromatic heterocycles. The van der Waals surface area contributed by atoms with E-state index in [0.717, 1.165) is 23.4 Å². The first-order valence-electron chi connectivity index (χ1n) is 7.50. The summed E-state index contributed by atoms with van der Waals surface area (Å²) in [7, 11) is -1.49. The Balaban J connectivity index is 2.37. The zero-order valence-corrected chi connectivity index (χ0v) is 14.0. The van der Waals surface area contributed by atoms with Crippen molar-refractivity contribution in [2.75, 3.05) is 19.4 Å². The van der Waals surface area contributed by atoms with Crippen LogP contribution in [-0.2, 0) is 16.3 Å². The molecule has 4 nitrogen and oxygen atoms in total. The van der Waals surface area contributed by atoms with Gasteiger partial charge in [0.1, 0.15) is 5.75 Å². The van der Waals surface area contributed by atoms with E-state index in [2.05, 4.69) is 5.32 Å². The number of benzene rings is 1. The fourth-order valence-electron chi connectivity index (χ4n) is 3.09. The quantitative estimate of drug-likeness (QED) is 0.876. The van der Waals surface area contributed by atoms with Crippen LogP contribution in [0.3, 0.4) is 0 Å². The smallest absolute Gasteiger partial charge is 0.155 e. The van der Waals surface area contributed by atoms with E-state index in [9.17, 15) is 8.42 Å². The Bertz CT molecular complexity index is 596. The second-order valence-corrected chi connectivity index (χ2v) is 8.33. The number of hydrogen-bond acceptors (Lipinski definition) is 4. The Morgan fingerprint density at radius 1 is 1.38 bits per heavy atom. The van der Waals surface area contributed by atoms with Gasteiger partial charge in [0.25, 0.3) is 0 Å². The van der Waals surface area contributed by atoms with Crippen LogP contribution in [0.1, 0.15) is 37.9 Å². The van der Waals surface area contributed by atoms with Crippen LogP contribution in [0.2, 0.25) is 0 Å². The maximum absolute atomic E-state index is 12.7. The summed E-state index contributed by atoms with van der Waals surface area (Å²) >= 11 is 0. The van der Waals surface area contributed by atoms with Crippen molar-refractivity contribution in [2.45, 2.75) is 38.5 Å². The van der Waals surface area contributed by atoms with Crippen LogP contribution in [0.15, 0.2) is 18.2 Å². The molecule has 1 aliphatic carbocycles. The molecular formula is C16H25NO3S. The summed E-state index contributed by atoms with van der Waals surface area (Å²) < 4.78 is 30.6. The van der Waals surface area contributed by atoms with Gasteiger partial charge in [-0.3, -0.25) is 0 Å². The Morgan fingerprint density at radius 2 is 2.10 bits per heavy atom. The molecule has 0 saturated heterocycles. The topological polar surface area (TPSA) is 55.4 Å². The van der Waals surface area contributed by atoms with Gasteiger partial charge in [-0.25, -0.2) is 8.42 Å². The molecular weight excluding hydrogens is 286 g/mol. The van der Waals surface area contributed by atoms with Gasteiger partial charge in [-0.1, -0.05) is 26.8 Å². The summed E-state index contributed by atoms with van der Waals surface area (Å²) in [5.41, 5.74) is 2.17. The molecule has 0 amide bonds. The SMILES string of the molecule is CCNC1c2cc(OC)ccc2CC1S(=O)(=O)CC(C)C. The maximum Gasteiger partial charge on any atom is 0.155 e. The molecule has 21 heavy (non-hydrogen) atoms.